The molecule has 1 saturated heterocycles. The third-order valence-electron chi connectivity index (χ3n) is 5.53. The molecule has 0 aromatic carbocycles. The summed E-state index contributed by atoms with van der Waals surface area (Å²) in [5.74, 6) is 0.0312. The van der Waals surface area contributed by atoms with Gasteiger partial charge in [0.2, 0.25) is 15.9 Å². The number of nitrogens with zero attached hydrogens (tertiary/aromatic N) is 2. The first kappa shape index (κ1) is 21.6. The van der Waals surface area contributed by atoms with Gasteiger partial charge >= 0.3 is 0 Å². The number of sulfonamides is 1. The molecule has 28 heavy (non-hydrogen) atoms. The molecule has 3 rings (SSSR count). The number of rotatable bonds is 6. The zero-order valence-corrected chi connectivity index (χ0v) is 18.2. The van der Waals surface area contributed by atoms with Crippen LogP contribution in [0.1, 0.15) is 64.7 Å². The zero-order valence-electron chi connectivity index (χ0n) is 16.6. The lowest BCUT2D eigenvalue weighted by Gasteiger charge is -2.25. The van der Waals surface area contributed by atoms with Crippen molar-refractivity contribution in [3.05, 3.63) is 18.3 Å². The van der Waals surface area contributed by atoms with Crippen LogP contribution < -0.4 is 5.32 Å². The average molecular weight is 426 g/mol. The molecule has 1 atom stereocenters. The van der Waals surface area contributed by atoms with Gasteiger partial charge in [0.1, 0.15) is 4.90 Å². The Morgan fingerprint density at radius 1 is 1.11 bits per heavy atom. The minimum absolute atomic E-state index is 0.0312. The summed E-state index contributed by atoms with van der Waals surface area (Å²) >= 11 is 1.37. The Morgan fingerprint density at radius 2 is 1.75 bits per heavy atom. The highest BCUT2D eigenvalue weighted by Gasteiger charge is 2.26. The minimum Gasteiger partial charge on any atom is -0.352 e. The molecule has 1 N–H and O–H groups in total. The second kappa shape index (κ2) is 10.1. The smallest absolute Gasteiger partial charge is 0.244 e. The lowest BCUT2D eigenvalue weighted by atomic mass is 10.1. The number of hydrogen-bond donors (Lipinski definition) is 1. The van der Waals surface area contributed by atoms with E-state index in [1.54, 1.807) is 16.4 Å². The Morgan fingerprint density at radius 3 is 2.36 bits per heavy atom. The molecule has 1 unspecified atom stereocenters. The van der Waals surface area contributed by atoms with Gasteiger partial charge in [-0.1, -0.05) is 43.9 Å². The Labute approximate surface area is 172 Å². The second-order valence-electron chi connectivity index (χ2n) is 7.75. The van der Waals surface area contributed by atoms with E-state index in [4.69, 9.17) is 0 Å². The van der Waals surface area contributed by atoms with Gasteiger partial charge in [-0.2, -0.15) is 4.31 Å². The van der Waals surface area contributed by atoms with Crippen molar-refractivity contribution in [1.29, 1.82) is 0 Å². The lowest BCUT2D eigenvalue weighted by molar-refractivity contribution is -0.121. The van der Waals surface area contributed by atoms with Gasteiger partial charge in [0, 0.05) is 25.3 Å². The van der Waals surface area contributed by atoms with E-state index in [1.807, 2.05) is 6.92 Å². The Bertz CT molecular complexity index is 738. The Kier molecular flexibility index (Phi) is 7.77. The van der Waals surface area contributed by atoms with Crippen LogP contribution in [-0.4, -0.2) is 48.0 Å². The average Bonchev–Trinajstić information content (AvgIpc) is 2.97. The maximum atomic E-state index is 12.7. The first-order chi connectivity index (χ1) is 13.5. The van der Waals surface area contributed by atoms with E-state index in [0.717, 1.165) is 32.1 Å². The molecule has 2 fully saturated rings. The third-order valence-corrected chi connectivity index (χ3v) is 8.46. The number of carbonyl (C=O) groups is 1. The van der Waals surface area contributed by atoms with Crippen LogP contribution >= 0.6 is 11.8 Å². The molecule has 0 spiro atoms. The number of aromatic nitrogens is 1. The lowest BCUT2D eigenvalue weighted by Crippen LogP contribution is -2.39. The number of hydrogen-bond acceptors (Lipinski definition) is 5. The molecule has 0 bridgehead atoms. The van der Waals surface area contributed by atoms with Crippen LogP contribution in [0.5, 0.6) is 0 Å². The molecular weight excluding hydrogens is 394 g/mol. The highest BCUT2D eigenvalue weighted by Crippen LogP contribution is 2.25. The largest absolute Gasteiger partial charge is 0.352 e. The van der Waals surface area contributed by atoms with E-state index in [9.17, 15) is 13.2 Å². The number of pyridine rings is 1. The SMILES string of the molecule is CC(Sc1ccc(S(=O)(=O)N2CCCCC2)cn1)C(=O)NC1CCCCCC1. The summed E-state index contributed by atoms with van der Waals surface area (Å²) in [4.78, 5) is 17.0. The van der Waals surface area contributed by atoms with Gasteiger partial charge in [0.25, 0.3) is 0 Å². The number of thioether (sulfide) groups is 1. The number of piperidine rings is 1. The Balaban J connectivity index is 1.56. The molecule has 1 amide bonds. The predicted octanol–water partition coefficient (Wildman–Crippen LogP) is 3.58. The van der Waals surface area contributed by atoms with Crippen LogP contribution in [0.15, 0.2) is 28.3 Å². The van der Waals surface area contributed by atoms with Crippen LogP contribution in [0, 0.1) is 0 Å². The highest BCUT2D eigenvalue weighted by atomic mass is 32.2. The summed E-state index contributed by atoms with van der Waals surface area (Å²) in [6.07, 6.45) is 11.3. The van der Waals surface area contributed by atoms with Crippen LogP contribution in [0.3, 0.4) is 0 Å². The van der Waals surface area contributed by atoms with E-state index in [1.165, 1.54) is 43.6 Å². The maximum Gasteiger partial charge on any atom is 0.244 e. The molecule has 1 aromatic rings. The van der Waals surface area contributed by atoms with Gasteiger partial charge in [-0.15, -0.1) is 0 Å². The van der Waals surface area contributed by atoms with Crippen molar-refractivity contribution < 1.29 is 13.2 Å². The van der Waals surface area contributed by atoms with Crippen molar-refractivity contribution in [1.82, 2.24) is 14.6 Å². The van der Waals surface area contributed by atoms with E-state index in [2.05, 4.69) is 10.3 Å². The van der Waals surface area contributed by atoms with Crippen LogP contribution in [0.2, 0.25) is 0 Å². The fourth-order valence-corrected chi connectivity index (χ4v) is 6.08. The third kappa shape index (κ3) is 5.70. The van der Waals surface area contributed by atoms with Crippen molar-refractivity contribution in [3.8, 4) is 0 Å². The number of nitrogens with one attached hydrogen (secondary N) is 1. The van der Waals surface area contributed by atoms with E-state index >= 15 is 0 Å². The summed E-state index contributed by atoms with van der Waals surface area (Å²) in [6.45, 7) is 3.03. The fraction of sp³-hybridized carbons (Fsp3) is 0.700. The topological polar surface area (TPSA) is 79.4 Å². The summed E-state index contributed by atoms with van der Waals surface area (Å²) in [7, 11) is -3.46. The highest BCUT2D eigenvalue weighted by molar-refractivity contribution is 8.00. The number of carbonyl (C=O) groups excluding carboxylic acids is 1. The van der Waals surface area contributed by atoms with Crippen molar-refractivity contribution >= 4 is 27.7 Å². The summed E-state index contributed by atoms with van der Waals surface area (Å²) < 4.78 is 26.9. The summed E-state index contributed by atoms with van der Waals surface area (Å²) in [5.41, 5.74) is 0. The molecule has 0 radical (unpaired) electrons. The van der Waals surface area contributed by atoms with Gasteiger partial charge in [0.15, 0.2) is 0 Å². The minimum atomic E-state index is -3.46. The van der Waals surface area contributed by atoms with Gasteiger partial charge in [-0.25, -0.2) is 13.4 Å². The molecule has 156 valence electrons. The monoisotopic (exact) mass is 425 g/mol. The Hall–Kier alpha value is -1.12. The molecule has 8 heteroatoms. The quantitative estimate of drug-likeness (QED) is 0.557. The van der Waals surface area contributed by atoms with Gasteiger partial charge in [-0.05, 0) is 44.7 Å². The van der Waals surface area contributed by atoms with Crippen molar-refractivity contribution in [3.63, 3.8) is 0 Å². The molecule has 1 aromatic heterocycles. The van der Waals surface area contributed by atoms with Gasteiger partial charge in [-0.3, -0.25) is 4.79 Å². The second-order valence-corrected chi connectivity index (χ2v) is 11.1. The standard InChI is InChI=1S/C20H31N3O3S2/c1-16(20(24)22-17-9-5-2-3-6-10-17)27-19-12-11-18(15-21-19)28(25,26)23-13-7-4-8-14-23/h11-12,15-17H,2-10,13-14H2,1H3,(H,22,24). The van der Waals surface area contributed by atoms with Crippen molar-refractivity contribution in [2.24, 2.45) is 0 Å². The van der Waals surface area contributed by atoms with Crippen molar-refractivity contribution in [2.45, 2.75) is 85.9 Å². The molecule has 6 nitrogen and oxygen atoms in total. The maximum absolute atomic E-state index is 12.7. The molecule has 1 aliphatic heterocycles. The normalized spacial score (nSPS) is 21.0. The molecule has 1 aliphatic carbocycles. The van der Waals surface area contributed by atoms with Crippen LogP contribution in [0.25, 0.3) is 0 Å². The van der Waals surface area contributed by atoms with Gasteiger partial charge < -0.3 is 5.32 Å². The fourth-order valence-electron chi connectivity index (χ4n) is 3.82. The number of amides is 1. The van der Waals surface area contributed by atoms with Crippen molar-refractivity contribution in [2.75, 3.05) is 13.1 Å². The summed E-state index contributed by atoms with van der Waals surface area (Å²) in [5, 5.41) is 3.57. The van der Waals surface area contributed by atoms with Gasteiger partial charge in [0.05, 0.1) is 10.3 Å². The van der Waals surface area contributed by atoms with E-state index < -0.39 is 10.0 Å². The zero-order chi connectivity index (χ0) is 20.0. The first-order valence-electron chi connectivity index (χ1n) is 10.4. The van der Waals surface area contributed by atoms with Crippen LogP contribution in [0.4, 0.5) is 0 Å². The predicted molar refractivity (Wildman–Crippen MR) is 112 cm³/mol. The first-order valence-corrected chi connectivity index (χ1v) is 12.7. The summed E-state index contributed by atoms with van der Waals surface area (Å²) in [6, 6.07) is 3.59. The van der Waals surface area contributed by atoms with Crippen LogP contribution in [-0.2, 0) is 14.8 Å². The van der Waals surface area contributed by atoms with E-state index in [-0.39, 0.29) is 22.1 Å². The molecule has 2 heterocycles. The van der Waals surface area contributed by atoms with E-state index in [0.29, 0.717) is 18.1 Å². The molecular formula is C20H31N3O3S2. The molecule has 1 saturated carbocycles. The molecule has 2 aliphatic rings.